The number of hydrogen-bond acceptors (Lipinski definition) is 16. The molecule has 3 aliphatic heterocycles. The molecule has 8 atom stereocenters. The van der Waals surface area contributed by atoms with E-state index in [0.717, 1.165) is 41.9 Å². The third kappa shape index (κ3) is 20.3. The van der Waals surface area contributed by atoms with E-state index in [-0.39, 0.29) is 67.0 Å². The number of carbonyl (C=O) groups excluding carboxylic acids is 10. The molecular formula is C75H92N12O13S2. The Morgan fingerprint density at radius 1 is 0.598 bits per heavy atom. The van der Waals surface area contributed by atoms with E-state index >= 15 is 0 Å². The number of hydrogen-bond donors (Lipinski definition) is 8. The summed E-state index contributed by atoms with van der Waals surface area (Å²) in [5, 5.41) is 23.4. The standard InChI is InChI=1S/C75H92N12O13S2/c1-43(2)67(84-66(89)29-28-59(71(93)77-44(3)30-33-98-9)83-70(92)50-18-16-49(17-19-50)68(90)52-41-101-46(5)47(6)102-42-52)74(96)78-45(4)69(91)80-54-24-26-55(27-25-54)82-72(94)61-34-51(39-85(61)7)48-20-22-53(23-21-48)81-73(95)62-35-56(40-86(62)8)79-65(88)15-13-32-100-64-37-60-58(36-63(64)99-10)75(97)87-31-12-11-14-57(87)38-76-60/h16-27,34-40,43-47,52,57,59,67H,11-15,28-33,41-42H2,1-10H3,(H,77,93)(H,78,96)(H,79,88)(H,80,91)(H,81,95)(H,82,94)(H,83,92)(H,84,89)/t44?,45-,46-,47?,52?,57-,59-,67-/m0/s1. The lowest BCUT2D eigenvalue weighted by Crippen LogP contribution is -2.54. The molecule has 0 spiro atoms. The molecule has 2 aromatic heterocycles. The second-order valence-corrected chi connectivity index (χ2v) is 29.2. The number of ketones is 1. The number of aliphatic imine (C=N–C) groups is 1. The van der Waals surface area contributed by atoms with Gasteiger partial charge in [-0.1, -0.05) is 52.0 Å². The van der Waals surface area contributed by atoms with Crippen molar-refractivity contribution in [2.75, 3.05) is 66.8 Å². The summed E-state index contributed by atoms with van der Waals surface area (Å²) < 4.78 is 20.1. The Hall–Kier alpha value is -9.73. The first-order valence-corrected chi connectivity index (χ1v) is 36.5. The summed E-state index contributed by atoms with van der Waals surface area (Å²) in [4.78, 5) is 142. The van der Waals surface area contributed by atoms with Gasteiger partial charge in [-0.05, 0) is 131 Å². The molecule has 4 aromatic carbocycles. The lowest BCUT2D eigenvalue weighted by atomic mass is 9.99. The Balaban J connectivity index is 0.704. The zero-order valence-electron chi connectivity index (χ0n) is 59.3. The fraction of sp³-hybridized carbons (Fsp3) is 0.427. The van der Waals surface area contributed by atoms with E-state index in [2.05, 4.69) is 61.4 Å². The van der Waals surface area contributed by atoms with Gasteiger partial charge < -0.3 is 70.8 Å². The fourth-order valence-electron chi connectivity index (χ4n) is 11.9. The van der Waals surface area contributed by atoms with Crippen LogP contribution in [0.4, 0.5) is 28.4 Å². The van der Waals surface area contributed by atoms with Crippen molar-refractivity contribution < 1.29 is 62.2 Å². The average Bonchev–Trinajstić information content (AvgIpc) is 1.55. The van der Waals surface area contributed by atoms with Gasteiger partial charge in [0.15, 0.2) is 17.3 Å². The highest BCUT2D eigenvalue weighted by molar-refractivity contribution is 8.04. The normalized spacial score (nSPS) is 17.6. The van der Waals surface area contributed by atoms with E-state index in [9.17, 15) is 47.9 Å². The molecule has 9 amide bonds. The second kappa shape index (κ2) is 35.7. The van der Waals surface area contributed by atoms with Gasteiger partial charge in [0.1, 0.15) is 29.5 Å². The van der Waals surface area contributed by atoms with Crippen LogP contribution in [-0.4, -0.2) is 165 Å². The Kier molecular flexibility index (Phi) is 26.8. The molecule has 542 valence electrons. The molecule has 102 heavy (non-hydrogen) atoms. The van der Waals surface area contributed by atoms with Crippen LogP contribution in [0.15, 0.2) is 114 Å². The predicted molar refractivity (Wildman–Crippen MR) is 397 cm³/mol. The summed E-state index contributed by atoms with van der Waals surface area (Å²) in [5.74, 6) is -2.24. The van der Waals surface area contributed by atoms with Crippen molar-refractivity contribution in [3.63, 3.8) is 0 Å². The summed E-state index contributed by atoms with van der Waals surface area (Å²) >= 11 is 3.58. The van der Waals surface area contributed by atoms with Crippen molar-refractivity contribution in [1.29, 1.82) is 0 Å². The van der Waals surface area contributed by atoms with Crippen LogP contribution in [-0.2, 0) is 42.8 Å². The molecule has 0 radical (unpaired) electrons. The number of piperidine rings is 1. The van der Waals surface area contributed by atoms with E-state index in [0.29, 0.717) is 98.9 Å². The molecule has 3 aliphatic rings. The van der Waals surface area contributed by atoms with Crippen molar-refractivity contribution in [1.82, 2.24) is 35.3 Å². The van der Waals surface area contributed by atoms with Gasteiger partial charge in [-0.2, -0.15) is 23.5 Å². The number of benzene rings is 4. The fourth-order valence-corrected chi connectivity index (χ4v) is 14.7. The van der Waals surface area contributed by atoms with Gasteiger partial charge in [-0.15, -0.1) is 0 Å². The van der Waals surface area contributed by atoms with E-state index in [1.807, 2.05) is 23.2 Å². The molecular weight excluding hydrogens is 1340 g/mol. The number of rotatable bonds is 30. The largest absolute Gasteiger partial charge is 0.493 e. The number of methoxy groups -OCH3 is 2. The third-order valence-corrected chi connectivity index (χ3v) is 21.4. The molecule has 2 saturated heterocycles. The molecule has 0 aliphatic carbocycles. The topological polar surface area (TPSA) is 320 Å². The first kappa shape index (κ1) is 76.4. The van der Waals surface area contributed by atoms with Crippen LogP contribution in [0, 0.1) is 11.8 Å². The Bertz CT molecular complexity index is 4050. The predicted octanol–water partition coefficient (Wildman–Crippen LogP) is 9.81. The number of ether oxygens (including phenoxy) is 3. The SMILES string of the molecule is COCCC(C)NC(=O)[C@H](CCC(=O)N[C@H](C(=O)N[C@@H](C)C(=O)Nc1ccc(NC(=O)c2cc(-c3ccc(NC(=O)c4cc(NC(=O)CCCOc5cc6c(cc5OC)C(=O)N5CCCC[C@H]5C=N6)cn4C)cc3)cn2C)cc1)C(C)C)NC(=O)c1ccc(C(=O)C2CSC(C)[C@H](C)SC2)cc1. The van der Waals surface area contributed by atoms with Crippen LogP contribution in [0.1, 0.15) is 145 Å². The number of Topliss-reactive ketones (excluding diaryl/α,β-unsaturated/α-hetero) is 1. The number of amides is 9. The summed E-state index contributed by atoms with van der Waals surface area (Å²) in [6.45, 7) is 12.4. The number of carbonyl (C=O) groups is 10. The smallest absolute Gasteiger partial charge is 0.272 e. The van der Waals surface area contributed by atoms with E-state index in [4.69, 9.17) is 14.2 Å². The van der Waals surface area contributed by atoms with Gasteiger partial charge >= 0.3 is 0 Å². The number of aryl methyl sites for hydroxylation is 2. The number of nitrogens with zero attached hydrogens (tertiary/aromatic N) is 4. The van der Waals surface area contributed by atoms with E-state index in [1.165, 1.54) is 14.0 Å². The van der Waals surface area contributed by atoms with Crippen molar-refractivity contribution in [2.24, 2.45) is 30.9 Å². The van der Waals surface area contributed by atoms with Crippen LogP contribution in [0.5, 0.6) is 11.5 Å². The number of aromatic nitrogens is 2. The molecule has 8 N–H and O–H groups in total. The first-order chi connectivity index (χ1) is 48.9. The van der Waals surface area contributed by atoms with Gasteiger partial charge in [-0.25, -0.2) is 0 Å². The highest BCUT2D eigenvalue weighted by Crippen LogP contribution is 2.39. The highest BCUT2D eigenvalue weighted by atomic mass is 32.2. The maximum absolute atomic E-state index is 13.7. The second-order valence-electron chi connectivity index (χ2n) is 26.4. The minimum absolute atomic E-state index is 0.0178. The monoisotopic (exact) mass is 1430 g/mol. The zero-order valence-corrected chi connectivity index (χ0v) is 60.9. The quantitative estimate of drug-likeness (QED) is 0.0154. The van der Waals surface area contributed by atoms with E-state index < -0.39 is 65.4 Å². The molecule has 3 unspecified atom stereocenters. The molecule has 27 heteroatoms. The Labute approximate surface area is 602 Å². The number of thioether (sulfide) groups is 2. The number of fused-ring (bicyclic) bond motifs is 2. The van der Waals surface area contributed by atoms with Crippen molar-refractivity contribution >= 4 is 117 Å². The number of anilines is 4. The van der Waals surface area contributed by atoms with Gasteiger partial charge in [0.2, 0.25) is 29.5 Å². The molecule has 0 bridgehead atoms. The van der Waals surface area contributed by atoms with Crippen molar-refractivity contribution in [3.8, 4) is 22.6 Å². The van der Waals surface area contributed by atoms with Gasteiger partial charge in [-0.3, -0.25) is 52.9 Å². The lowest BCUT2D eigenvalue weighted by molar-refractivity contribution is -0.132. The number of nitrogens with one attached hydrogen (secondary N) is 8. The Morgan fingerprint density at radius 2 is 1.23 bits per heavy atom. The van der Waals surface area contributed by atoms with Crippen LogP contribution in [0.25, 0.3) is 11.1 Å². The molecule has 0 saturated carbocycles. The summed E-state index contributed by atoms with van der Waals surface area (Å²) in [6.07, 6.45) is 8.81. The molecule has 6 aromatic rings. The summed E-state index contributed by atoms with van der Waals surface area (Å²) in [7, 11) is 6.51. The first-order valence-electron chi connectivity index (χ1n) is 34.4. The van der Waals surface area contributed by atoms with Gasteiger partial charge in [0.05, 0.1) is 36.7 Å². The van der Waals surface area contributed by atoms with Crippen LogP contribution < -0.4 is 52.0 Å². The molecule has 2 fully saturated rings. The average molecular weight is 1430 g/mol. The van der Waals surface area contributed by atoms with Crippen LogP contribution in [0.3, 0.4) is 0 Å². The van der Waals surface area contributed by atoms with Gasteiger partial charge in [0, 0.05) is 140 Å². The van der Waals surface area contributed by atoms with Gasteiger partial charge in [0.25, 0.3) is 23.6 Å². The molecule has 25 nitrogen and oxygen atoms in total. The Morgan fingerprint density at radius 3 is 1.87 bits per heavy atom. The van der Waals surface area contributed by atoms with Crippen LogP contribution >= 0.6 is 23.5 Å². The van der Waals surface area contributed by atoms with E-state index in [1.54, 1.807) is 172 Å². The zero-order chi connectivity index (χ0) is 73.3. The highest BCUT2D eigenvalue weighted by Gasteiger charge is 2.34. The third-order valence-electron chi connectivity index (χ3n) is 18.2. The molecule has 5 heterocycles. The lowest BCUT2D eigenvalue weighted by Gasteiger charge is -2.32. The maximum Gasteiger partial charge on any atom is 0.272 e. The summed E-state index contributed by atoms with van der Waals surface area (Å²) in [5.41, 5.74) is 5.68. The summed E-state index contributed by atoms with van der Waals surface area (Å²) in [6, 6.07) is 23.0. The van der Waals surface area contributed by atoms with Crippen molar-refractivity contribution in [2.45, 2.75) is 134 Å². The van der Waals surface area contributed by atoms with Crippen LogP contribution in [0.2, 0.25) is 0 Å². The maximum atomic E-state index is 13.7. The minimum atomic E-state index is -1.14. The molecule has 9 rings (SSSR count). The van der Waals surface area contributed by atoms with Crippen molar-refractivity contribution in [3.05, 3.63) is 138 Å². The minimum Gasteiger partial charge on any atom is -0.493 e.